The van der Waals surface area contributed by atoms with Gasteiger partial charge in [0, 0.05) is 22.7 Å². The van der Waals surface area contributed by atoms with Gasteiger partial charge in [-0.25, -0.2) is 14.6 Å². The largest absolute Gasteiger partial charge is 0.389 e. The number of rotatable bonds is 5. The highest BCUT2D eigenvalue weighted by molar-refractivity contribution is 7.16. The van der Waals surface area contributed by atoms with E-state index in [1.807, 2.05) is 4.68 Å². The molecule has 1 aliphatic heterocycles. The third-order valence-corrected chi connectivity index (χ3v) is 11.0. The Morgan fingerprint density at radius 2 is 2.11 bits per heavy atom. The van der Waals surface area contributed by atoms with E-state index in [-0.39, 0.29) is 12.6 Å². The first-order valence-electron chi connectivity index (χ1n) is 15.2. The van der Waals surface area contributed by atoms with Gasteiger partial charge in [0.15, 0.2) is 28.7 Å². The Morgan fingerprint density at radius 1 is 1.27 bits per heavy atom. The summed E-state index contributed by atoms with van der Waals surface area (Å²) >= 11 is 1.53. The van der Waals surface area contributed by atoms with Crippen molar-refractivity contribution in [3.63, 3.8) is 0 Å². The minimum atomic E-state index is -0.442. The van der Waals surface area contributed by atoms with Crippen molar-refractivity contribution in [3.8, 4) is 23.4 Å². The van der Waals surface area contributed by atoms with E-state index in [9.17, 15) is 10.4 Å². The summed E-state index contributed by atoms with van der Waals surface area (Å²) in [7, 11) is 2.16. The Balaban J connectivity index is 1.31. The summed E-state index contributed by atoms with van der Waals surface area (Å²) in [4.78, 5) is 13.6. The molecule has 13 heteroatoms. The Hall–Kier alpha value is -4.30. The van der Waals surface area contributed by atoms with Crippen molar-refractivity contribution in [1.82, 2.24) is 39.6 Å². The van der Waals surface area contributed by atoms with Crippen LogP contribution in [-0.2, 0) is 24.9 Å². The van der Waals surface area contributed by atoms with E-state index in [0.29, 0.717) is 45.3 Å². The van der Waals surface area contributed by atoms with Gasteiger partial charge in [-0.15, -0.1) is 11.3 Å². The maximum Gasteiger partial charge on any atom is 0.186 e. The molecular formula is C31H32N10O2S. The number of likely N-dealkylation sites (tertiary alicyclic amines) is 1. The van der Waals surface area contributed by atoms with E-state index in [2.05, 4.69) is 47.5 Å². The molecule has 3 atom stereocenters. The first-order valence-corrected chi connectivity index (χ1v) is 16.0. The molecule has 3 aliphatic rings. The van der Waals surface area contributed by atoms with E-state index >= 15 is 0 Å². The lowest BCUT2D eigenvalue weighted by molar-refractivity contribution is 0.232. The van der Waals surface area contributed by atoms with Gasteiger partial charge in [-0.3, -0.25) is 0 Å². The van der Waals surface area contributed by atoms with Crippen molar-refractivity contribution >= 4 is 27.4 Å². The molecule has 12 nitrogen and oxygen atoms in total. The number of nitrogens with zero attached hydrogens (tertiary/aromatic N) is 9. The average molecular weight is 609 g/mol. The molecule has 0 bridgehead atoms. The molecule has 0 aromatic carbocycles. The van der Waals surface area contributed by atoms with Crippen LogP contribution in [0.3, 0.4) is 0 Å². The van der Waals surface area contributed by atoms with Crippen LogP contribution in [-0.4, -0.2) is 64.3 Å². The summed E-state index contributed by atoms with van der Waals surface area (Å²) in [5.74, 6) is 1.70. The third-order valence-electron chi connectivity index (χ3n) is 9.90. The van der Waals surface area contributed by atoms with Gasteiger partial charge in [0.05, 0.1) is 35.2 Å². The van der Waals surface area contributed by atoms with Crippen LogP contribution in [0.1, 0.15) is 84.5 Å². The molecule has 5 aromatic heterocycles. The minimum Gasteiger partial charge on any atom is -0.389 e. The first kappa shape index (κ1) is 27.3. The predicted octanol–water partition coefficient (Wildman–Crippen LogP) is 3.89. The molecule has 0 unspecified atom stereocenters. The van der Waals surface area contributed by atoms with Crippen molar-refractivity contribution in [2.24, 2.45) is 0 Å². The monoisotopic (exact) mass is 608 g/mol. The molecule has 1 fully saturated rings. The van der Waals surface area contributed by atoms with Crippen molar-refractivity contribution in [1.29, 1.82) is 5.26 Å². The zero-order valence-corrected chi connectivity index (χ0v) is 25.5. The van der Waals surface area contributed by atoms with E-state index in [1.54, 1.807) is 6.20 Å². The molecule has 1 saturated heterocycles. The summed E-state index contributed by atoms with van der Waals surface area (Å²) in [5, 5.41) is 34.9. The Kier molecular flexibility index (Phi) is 6.27. The molecule has 44 heavy (non-hydrogen) atoms. The van der Waals surface area contributed by atoms with Crippen molar-refractivity contribution < 1.29 is 9.63 Å². The fourth-order valence-corrected chi connectivity index (χ4v) is 9.02. The third kappa shape index (κ3) is 3.86. The van der Waals surface area contributed by atoms with Gasteiger partial charge in [0.1, 0.15) is 16.8 Å². The van der Waals surface area contributed by atoms with E-state index in [4.69, 9.17) is 25.3 Å². The van der Waals surface area contributed by atoms with Crippen LogP contribution in [0.5, 0.6) is 0 Å². The number of fused-ring (bicyclic) bond motifs is 5. The van der Waals surface area contributed by atoms with Crippen LogP contribution >= 0.6 is 11.3 Å². The fraction of sp³-hybridized carbons (Fsp3) is 0.484. The molecule has 0 radical (unpaired) electrons. The smallest absolute Gasteiger partial charge is 0.186 e. The fourth-order valence-electron chi connectivity index (χ4n) is 7.86. The summed E-state index contributed by atoms with van der Waals surface area (Å²) in [6.07, 6.45) is 12.3. The zero-order valence-electron chi connectivity index (χ0n) is 24.7. The van der Waals surface area contributed by atoms with Crippen LogP contribution in [0.25, 0.3) is 28.4 Å². The van der Waals surface area contributed by atoms with Gasteiger partial charge >= 0.3 is 0 Å². The highest BCUT2D eigenvalue weighted by Crippen LogP contribution is 2.55. The molecular weight excluding hydrogens is 576 g/mol. The number of hydrogen-bond acceptors (Lipinski definition) is 11. The normalized spacial score (nSPS) is 22.2. The predicted molar refractivity (Wildman–Crippen MR) is 162 cm³/mol. The van der Waals surface area contributed by atoms with Gasteiger partial charge in [-0.1, -0.05) is 5.16 Å². The lowest BCUT2D eigenvalue weighted by Crippen LogP contribution is -2.35. The summed E-state index contributed by atoms with van der Waals surface area (Å²) < 4.78 is 9.73. The molecule has 2 aliphatic carbocycles. The lowest BCUT2D eigenvalue weighted by atomic mass is 9.63. The number of nitrogen functional groups attached to an aromatic ring is 1. The molecule has 6 heterocycles. The lowest BCUT2D eigenvalue weighted by Gasteiger charge is -2.39. The van der Waals surface area contributed by atoms with Crippen LogP contribution in [0, 0.1) is 23.6 Å². The number of aliphatic hydroxyl groups is 1. The highest BCUT2D eigenvalue weighted by atomic mass is 32.1. The number of hydrogen-bond donors (Lipinski definition) is 2. The number of aliphatic hydroxyl groups excluding tert-OH is 1. The second kappa shape index (κ2) is 10.1. The standard InChI is InChI=1S/C31H32N10O2S/c1-17(22-7-5-12-39(22)2)41-30-21(15-34-41)29(40-13-9-18(16-42)37-40)35-28(36-30)25-19-6-3-10-31(26(19)43-38-25)11-4-8-23-24(31)20(14-32)27(33)44-23/h15,17,22,42H,3-8,10-12,16,33H2,1-2H3/t17-,22-,31-/m0/s1. The van der Waals surface area contributed by atoms with Gasteiger partial charge in [-0.05, 0) is 83.5 Å². The number of likely N-dealkylation sites (N-methyl/N-ethyl adjacent to an activating group) is 1. The summed E-state index contributed by atoms with van der Waals surface area (Å²) in [6, 6.07) is 5.67. The van der Waals surface area contributed by atoms with Crippen LogP contribution in [0.4, 0.5) is 5.00 Å². The Morgan fingerprint density at radius 3 is 2.86 bits per heavy atom. The Labute approximate surface area is 258 Å². The number of aromatic nitrogens is 7. The van der Waals surface area contributed by atoms with Crippen molar-refractivity contribution in [2.75, 3.05) is 19.3 Å². The van der Waals surface area contributed by atoms with Crippen molar-refractivity contribution in [3.05, 3.63) is 51.5 Å². The second-order valence-corrected chi connectivity index (χ2v) is 13.4. The minimum absolute atomic E-state index is 0.0698. The van der Waals surface area contributed by atoms with E-state index in [1.165, 1.54) is 20.9 Å². The molecule has 224 valence electrons. The summed E-state index contributed by atoms with van der Waals surface area (Å²) in [5.41, 5.74) is 10.1. The SMILES string of the molecule is C[C@@H]([C@@H]1CCCN1C)n1ncc2c(-n3c#cc(CO)n3)nc(-c3noc4c3CCC[C@@]43CCCc4sc(N)c(C#N)c43)nc21. The quantitative estimate of drug-likeness (QED) is 0.300. The molecule has 0 amide bonds. The highest BCUT2D eigenvalue weighted by Gasteiger charge is 2.49. The van der Waals surface area contributed by atoms with Crippen LogP contribution in [0.2, 0.25) is 0 Å². The number of anilines is 1. The first-order chi connectivity index (χ1) is 21.4. The number of nitriles is 1. The summed E-state index contributed by atoms with van der Waals surface area (Å²) in [6.45, 7) is 2.98. The van der Waals surface area contributed by atoms with Crippen molar-refractivity contribution in [2.45, 2.75) is 82.4 Å². The molecule has 5 aromatic rings. The Bertz CT molecular complexity index is 1940. The van der Waals surface area contributed by atoms with E-state index in [0.717, 1.165) is 80.2 Å². The van der Waals surface area contributed by atoms with Gasteiger partial charge in [-0.2, -0.15) is 20.1 Å². The van der Waals surface area contributed by atoms with Gasteiger partial charge < -0.3 is 20.3 Å². The average Bonchev–Trinajstić information content (AvgIpc) is 3.86. The maximum absolute atomic E-state index is 10.1. The number of thiophene rings is 1. The van der Waals surface area contributed by atoms with Gasteiger partial charge in [0.2, 0.25) is 0 Å². The van der Waals surface area contributed by atoms with Crippen LogP contribution < -0.4 is 5.73 Å². The van der Waals surface area contributed by atoms with Gasteiger partial charge in [0.25, 0.3) is 0 Å². The number of aryl methyl sites for hydroxylation is 1. The second-order valence-electron chi connectivity index (χ2n) is 12.3. The topological polar surface area (TPSA) is 161 Å². The molecule has 1 spiro atoms. The zero-order chi connectivity index (χ0) is 30.2. The molecule has 0 saturated carbocycles. The van der Waals surface area contributed by atoms with E-state index < -0.39 is 5.41 Å². The maximum atomic E-state index is 10.1. The van der Waals surface area contributed by atoms with Crippen LogP contribution in [0.15, 0.2) is 10.7 Å². The molecule has 3 N–H and O–H groups in total. The number of nitrogens with two attached hydrogens (primary N) is 1. The molecule has 8 rings (SSSR count).